The number of amides is 1. The minimum atomic E-state index is -3.82. The molecular formula is C19H22ClN3O5S. The van der Waals surface area contributed by atoms with Gasteiger partial charge in [-0.3, -0.25) is 19.2 Å². The number of benzene rings is 2. The topological polar surface area (TPSA) is 110 Å². The van der Waals surface area contributed by atoms with E-state index < -0.39 is 26.9 Å². The number of nitro benzene ring substituents is 1. The predicted octanol–water partition coefficient (Wildman–Crippen LogP) is 4.05. The van der Waals surface area contributed by atoms with Crippen LogP contribution in [-0.2, 0) is 14.8 Å². The van der Waals surface area contributed by atoms with Gasteiger partial charge in [0.05, 0.1) is 22.6 Å². The number of aryl methyl sites for hydroxylation is 2. The molecule has 0 spiro atoms. The Morgan fingerprint density at radius 2 is 1.83 bits per heavy atom. The molecule has 0 aliphatic heterocycles. The standard InChI is InChI=1S/C19H22ClN3O5S/c1-5-18(19(24)21-17-11-15(23(25)26)9-7-13(17)3)22(29(4,27)28)14-8-6-12(2)16(20)10-14/h6-11,18H,5H2,1-4H3,(H,21,24)/t18-/m0/s1. The number of carbonyl (C=O) groups is 1. The van der Waals surface area contributed by atoms with Crippen LogP contribution in [0.2, 0.25) is 5.02 Å². The van der Waals surface area contributed by atoms with Gasteiger partial charge in [0.25, 0.3) is 5.69 Å². The lowest BCUT2D eigenvalue weighted by Gasteiger charge is -2.30. The first-order valence-electron chi connectivity index (χ1n) is 8.77. The third-order valence-corrected chi connectivity index (χ3v) is 6.02. The molecule has 10 heteroatoms. The molecule has 0 unspecified atom stereocenters. The molecule has 2 rings (SSSR count). The highest BCUT2D eigenvalue weighted by Gasteiger charge is 2.32. The number of nitro groups is 1. The van der Waals surface area contributed by atoms with Crippen LogP contribution in [-0.4, -0.2) is 31.5 Å². The summed E-state index contributed by atoms with van der Waals surface area (Å²) in [6.45, 7) is 5.15. The van der Waals surface area contributed by atoms with E-state index in [9.17, 15) is 23.3 Å². The fraction of sp³-hybridized carbons (Fsp3) is 0.316. The largest absolute Gasteiger partial charge is 0.324 e. The van der Waals surface area contributed by atoms with Gasteiger partial charge in [-0.2, -0.15) is 0 Å². The summed E-state index contributed by atoms with van der Waals surface area (Å²) in [6.07, 6.45) is 1.19. The minimum absolute atomic E-state index is 0.177. The molecule has 1 atom stereocenters. The molecule has 1 amide bonds. The summed E-state index contributed by atoms with van der Waals surface area (Å²) in [5, 5.41) is 14.0. The van der Waals surface area contributed by atoms with Crippen molar-refractivity contribution >= 4 is 44.6 Å². The van der Waals surface area contributed by atoms with Gasteiger partial charge in [-0.1, -0.05) is 30.7 Å². The molecule has 0 saturated heterocycles. The van der Waals surface area contributed by atoms with Crippen LogP contribution in [0.5, 0.6) is 0 Å². The fourth-order valence-electron chi connectivity index (χ4n) is 2.85. The van der Waals surface area contributed by atoms with Crippen LogP contribution >= 0.6 is 11.6 Å². The molecule has 0 aliphatic rings. The highest BCUT2D eigenvalue weighted by Crippen LogP contribution is 2.29. The Kier molecular flexibility index (Phi) is 6.86. The van der Waals surface area contributed by atoms with Crippen molar-refractivity contribution < 1.29 is 18.1 Å². The van der Waals surface area contributed by atoms with Crippen LogP contribution in [0.1, 0.15) is 24.5 Å². The van der Waals surface area contributed by atoms with Crippen molar-refractivity contribution in [1.29, 1.82) is 0 Å². The van der Waals surface area contributed by atoms with E-state index in [1.807, 2.05) is 0 Å². The SMILES string of the molecule is CC[C@@H](C(=O)Nc1cc([N+](=O)[O-])ccc1C)N(c1ccc(C)c(Cl)c1)S(C)(=O)=O. The molecule has 0 saturated carbocycles. The summed E-state index contributed by atoms with van der Waals surface area (Å²) in [6, 6.07) is 7.77. The monoisotopic (exact) mass is 439 g/mol. The van der Waals surface area contributed by atoms with Crippen molar-refractivity contribution in [1.82, 2.24) is 0 Å². The van der Waals surface area contributed by atoms with E-state index in [4.69, 9.17) is 11.6 Å². The van der Waals surface area contributed by atoms with Crippen LogP contribution in [0.4, 0.5) is 17.1 Å². The average molecular weight is 440 g/mol. The maximum absolute atomic E-state index is 13.0. The van der Waals surface area contributed by atoms with Crippen LogP contribution in [0.3, 0.4) is 0 Å². The summed E-state index contributed by atoms with van der Waals surface area (Å²) in [5.74, 6) is -0.599. The Labute approximate surface area is 174 Å². The highest BCUT2D eigenvalue weighted by molar-refractivity contribution is 7.92. The number of anilines is 2. The number of hydrogen-bond acceptors (Lipinski definition) is 5. The van der Waals surface area contributed by atoms with E-state index in [1.54, 1.807) is 32.9 Å². The molecule has 0 aliphatic carbocycles. The quantitative estimate of drug-likeness (QED) is 0.517. The Morgan fingerprint density at radius 1 is 1.21 bits per heavy atom. The van der Waals surface area contributed by atoms with Crippen LogP contribution < -0.4 is 9.62 Å². The van der Waals surface area contributed by atoms with Crippen molar-refractivity contribution in [2.75, 3.05) is 15.9 Å². The maximum Gasteiger partial charge on any atom is 0.271 e. The van der Waals surface area contributed by atoms with Gasteiger partial charge in [-0.25, -0.2) is 8.42 Å². The lowest BCUT2D eigenvalue weighted by molar-refractivity contribution is -0.384. The summed E-state index contributed by atoms with van der Waals surface area (Å²) in [5.41, 5.74) is 1.72. The van der Waals surface area contributed by atoms with Gasteiger partial charge in [-0.15, -0.1) is 0 Å². The van der Waals surface area contributed by atoms with Crippen molar-refractivity contribution in [2.24, 2.45) is 0 Å². The number of nitrogens with one attached hydrogen (secondary N) is 1. The van der Waals surface area contributed by atoms with E-state index >= 15 is 0 Å². The molecule has 2 aromatic rings. The molecule has 0 aromatic heterocycles. The second kappa shape index (κ2) is 8.79. The van der Waals surface area contributed by atoms with E-state index in [1.165, 1.54) is 24.3 Å². The molecule has 156 valence electrons. The first-order valence-corrected chi connectivity index (χ1v) is 11.0. The lowest BCUT2D eigenvalue weighted by atomic mass is 10.1. The molecule has 0 radical (unpaired) electrons. The second-order valence-corrected chi connectivity index (χ2v) is 8.93. The molecule has 8 nitrogen and oxygen atoms in total. The molecule has 1 N–H and O–H groups in total. The fourth-order valence-corrected chi connectivity index (χ4v) is 4.23. The summed E-state index contributed by atoms with van der Waals surface area (Å²) >= 11 is 6.15. The highest BCUT2D eigenvalue weighted by atomic mass is 35.5. The van der Waals surface area contributed by atoms with Gasteiger partial charge in [0.2, 0.25) is 15.9 Å². The van der Waals surface area contributed by atoms with Crippen LogP contribution in [0, 0.1) is 24.0 Å². The number of non-ortho nitro benzene ring substituents is 1. The Bertz CT molecular complexity index is 1060. The Hall–Kier alpha value is -2.65. The van der Waals surface area contributed by atoms with Crippen molar-refractivity contribution in [2.45, 2.75) is 33.2 Å². The molecule has 29 heavy (non-hydrogen) atoms. The number of rotatable bonds is 7. The van der Waals surface area contributed by atoms with Crippen molar-refractivity contribution in [3.8, 4) is 0 Å². The maximum atomic E-state index is 13.0. The molecule has 2 aromatic carbocycles. The molecule has 0 heterocycles. The van der Waals surface area contributed by atoms with Gasteiger partial charge in [0, 0.05) is 17.2 Å². The van der Waals surface area contributed by atoms with Gasteiger partial charge in [0.1, 0.15) is 6.04 Å². The molecular weight excluding hydrogens is 418 g/mol. The van der Waals surface area contributed by atoms with E-state index in [2.05, 4.69) is 5.32 Å². The summed E-state index contributed by atoms with van der Waals surface area (Å²) in [7, 11) is -3.82. The van der Waals surface area contributed by atoms with Gasteiger partial charge in [0.15, 0.2) is 0 Å². The Balaban J connectivity index is 2.45. The van der Waals surface area contributed by atoms with E-state index in [-0.39, 0.29) is 23.5 Å². The number of nitrogens with zero attached hydrogens (tertiary/aromatic N) is 2. The van der Waals surface area contributed by atoms with Crippen LogP contribution in [0.15, 0.2) is 36.4 Å². The van der Waals surface area contributed by atoms with Gasteiger partial charge >= 0.3 is 0 Å². The number of hydrogen-bond donors (Lipinski definition) is 1. The zero-order valence-corrected chi connectivity index (χ0v) is 18.0. The lowest BCUT2D eigenvalue weighted by Crippen LogP contribution is -2.47. The summed E-state index contributed by atoms with van der Waals surface area (Å²) < 4.78 is 26.0. The normalized spacial score (nSPS) is 12.3. The van der Waals surface area contributed by atoms with Crippen molar-refractivity contribution in [3.05, 3.63) is 62.7 Å². The van der Waals surface area contributed by atoms with Crippen molar-refractivity contribution in [3.63, 3.8) is 0 Å². The average Bonchev–Trinajstić information content (AvgIpc) is 2.62. The molecule has 0 fully saturated rings. The van der Waals surface area contributed by atoms with Gasteiger partial charge in [-0.05, 0) is 43.5 Å². The van der Waals surface area contributed by atoms with E-state index in [0.29, 0.717) is 10.6 Å². The zero-order valence-electron chi connectivity index (χ0n) is 16.5. The number of halogens is 1. The minimum Gasteiger partial charge on any atom is -0.324 e. The smallest absolute Gasteiger partial charge is 0.271 e. The third kappa shape index (κ3) is 5.24. The first kappa shape index (κ1) is 22.6. The number of carbonyl (C=O) groups excluding carboxylic acids is 1. The second-order valence-electron chi connectivity index (χ2n) is 6.66. The predicted molar refractivity (Wildman–Crippen MR) is 114 cm³/mol. The van der Waals surface area contributed by atoms with E-state index in [0.717, 1.165) is 16.1 Å². The van der Waals surface area contributed by atoms with Gasteiger partial charge < -0.3 is 5.32 Å². The zero-order chi connectivity index (χ0) is 21.9. The number of sulfonamides is 1. The first-order chi connectivity index (χ1) is 13.5. The third-order valence-electron chi connectivity index (χ3n) is 4.43. The van der Waals surface area contributed by atoms with Crippen LogP contribution in [0.25, 0.3) is 0 Å². The molecule has 0 bridgehead atoms. The Morgan fingerprint density at radius 3 is 2.34 bits per heavy atom. The summed E-state index contributed by atoms with van der Waals surface area (Å²) in [4.78, 5) is 23.4.